The molecule has 2 rings (SSSR count). The molecule has 0 spiro atoms. The highest BCUT2D eigenvalue weighted by Crippen LogP contribution is 2.27. The van der Waals surface area contributed by atoms with E-state index in [1.807, 2.05) is 31.2 Å². The summed E-state index contributed by atoms with van der Waals surface area (Å²) >= 11 is 0. The van der Waals surface area contributed by atoms with Crippen molar-refractivity contribution in [3.63, 3.8) is 0 Å². The minimum Gasteiger partial charge on any atom is -0.493 e. The van der Waals surface area contributed by atoms with Crippen molar-refractivity contribution in [3.8, 4) is 5.88 Å². The van der Waals surface area contributed by atoms with E-state index in [9.17, 15) is 5.11 Å². The minimum atomic E-state index is 0.0876. The van der Waals surface area contributed by atoms with Crippen LogP contribution < -0.4 is 0 Å². The Balaban J connectivity index is 2.56. The lowest BCUT2D eigenvalue weighted by molar-refractivity contribution is 0.287. The molecule has 3 nitrogen and oxygen atoms in total. The van der Waals surface area contributed by atoms with E-state index in [4.69, 9.17) is 5.11 Å². The van der Waals surface area contributed by atoms with Crippen molar-refractivity contribution >= 4 is 10.9 Å². The maximum atomic E-state index is 9.82. The molecule has 0 saturated carbocycles. The van der Waals surface area contributed by atoms with Crippen molar-refractivity contribution in [1.29, 1.82) is 0 Å². The van der Waals surface area contributed by atoms with Crippen molar-refractivity contribution in [2.24, 2.45) is 0 Å². The molecule has 0 aliphatic carbocycles. The van der Waals surface area contributed by atoms with Gasteiger partial charge in [0.25, 0.3) is 0 Å². The largest absolute Gasteiger partial charge is 0.493 e. The van der Waals surface area contributed by atoms with Gasteiger partial charge >= 0.3 is 0 Å². The first-order valence-corrected chi connectivity index (χ1v) is 5.42. The number of aryl methyl sites for hydroxylation is 1. The first-order chi connectivity index (χ1) is 7.74. The highest BCUT2D eigenvalue weighted by molar-refractivity contribution is 5.83. The zero-order valence-corrected chi connectivity index (χ0v) is 9.27. The molecule has 0 fully saturated rings. The quantitative estimate of drug-likeness (QED) is 0.828. The molecule has 0 bridgehead atoms. The Kier molecular flexibility index (Phi) is 3.06. The van der Waals surface area contributed by atoms with Gasteiger partial charge in [-0.15, -0.1) is 0 Å². The second-order valence-electron chi connectivity index (χ2n) is 3.88. The predicted molar refractivity (Wildman–Crippen MR) is 63.6 cm³/mol. The molecule has 1 heterocycles. The lowest BCUT2D eigenvalue weighted by Gasteiger charge is -2.10. The fourth-order valence-electron chi connectivity index (χ4n) is 1.96. The third-order valence-electron chi connectivity index (χ3n) is 2.84. The Morgan fingerprint density at radius 2 is 2.00 bits per heavy atom. The van der Waals surface area contributed by atoms with Gasteiger partial charge in [0.1, 0.15) is 0 Å². The summed E-state index contributed by atoms with van der Waals surface area (Å²) in [5.41, 5.74) is 2.70. The lowest BCUT2D eigenvalue weighted by atomic mass is 10.0. The molecule has 16 heavy (non-hydrogen) atoms. The van der Waals surface area contributed by atoms with Crippen LogP contribution in [-0.4, -0.2) is 21.8 Å². The Morgan fingerprint density at radius 3 is 2.75 bits per heavy atom. The van der Waals surface area contributed by atoms with Gasteiger partial charge in [0, 0.05) is 17.6 Å². The van der Waals surface area contributed by atoms with Crippen molar-refractivity contribution in [2.75, 3.05) is 6.61 Å². The fraction of sp³-hybridized carbons (Fsp3) is 0.308. The normalized spacial score (nSPS) is 10.9. The SMILES string of the molecule is Cc1c(CCCO)c(O)nc2ccccc12. The van der Waals surface area contributed by atoms with E-state index in [-0.39, 0.29) is 12.5 Å². The third-order valence-corrected chi connectivity index (χ3v) is 2.84. The van der Waals surface area contributed by atoms with Crippen LogP contribution in [0.15, 0.2) is 24.3 Å². The van der Waals surface area contributed by atoms with Crippen molar-refractivity contribution in [2.45, 2.75) is 19.8 Å². The summed E-state index contributed by atoms with van der Waals surface area (Å²) in [6.07, 6.45) is 1.31. The molecular formula is C13H15NO2. The summed E-state index contributed by atoms with van der Waals surface area (Å²) in [7, 11) is 0. The second kappa shape index (κ2) is 4.49. The van der Waals surface area contributed by atoms with Crippen molar-refractivity contribution in [1.82, 2.24) is 4.98 Å². The van der Waals surface area contributed by atoms with Crippen LogP contribution in [0.3, 0.4) is 0 Å². The van der Waals surface area contributed by atoms with Crippen LogP contribution >= 0.6 is 0 Å². The number of para-hydroxylation sites is 1. The van der Waals surface area contributed by atoms with Gasteiger partial charge in [-0.3, -0.25) is 0 Å². The zero-order chi connectivity index (χ0) is 11.5. The van der Waals surface area contributed by atoms with E-state index >= 15 is 0 Å². The topological polar surface area (TPSA) is 53.4 Å². The molecule has 0 atom stereocenters. The van der Waals surface area contributed by atoms with Crippen LogP contribution in [0.4, 0.5) is 0 Å². The summed E-state index contributed by atoms with van der Waals surface area (Å²) < 4.78 is 0. The molecule has 0 radical (unpaired) electrons. The second-order valence-corrected chi connectivity index (χ2v) is 3.88. The zero-order valence-electron chi connectivity index (χ0n) is 9.27. The smallest absolute Gasteiger partial charge is 0.214 e. The monoisotopic (exact) mass is 217 g/mol. The number of benzene rings is 1. The van der Waals surface area contributed by atoms with Gasteiger partial charge in [-0.2, -0.15) is 0 Å². The van der Waals surface area contributed by atoms with E-state index in [1.165, 1.54) is 0 Å². The van der Waals surface area contributed by atoms with Crippen molar-refractivity contribution < 1.29 is 10.2 Å². The van der Waals surface area contributed by atoms with E-state index in [2.05, 4.69) is 4.98 Å². The number of rotatable bonds is 3. The van der Waals surface area contributed by atoms with Gasteiger partial charge in [0.2, 0.25) is 5.88 Å². The Hall–Kier alpha value is -1.61. The summed E-state index contributed by atoms with van der Waals surface area (Å²) in [6.45, 7) is 2.11. The number of aliphatic hydroxyl groups excluding tert-OH is 1. The average Bonchev–Trinajstić information content (AvgIpc) is 2.29. The van der Waals surface area contributed by atoms with Gasteiger partial charge in [0.05, 0.1) is 5.52 Å². The first kappa shape index (κ1) is 10.9. The Labute approximate surface area is 94.4 Å². The maximum Gasteiger partial charge on any atom is 0.214 e. The average molecular weight is 217 g/mol. The van der Waals surface area contributed by atoms with E-state index < -0.39 is 0 Å². The highest BCUT2D eigenvalue weighted by atomic mass is 16.3. The molecule has 3 heteroatoms. The standard InChI is InChI=1S/C13H15NO2/c1-9-10-5-2-3-7-12(10)14-13(16)11(9)6-4-8-15/h2-3,5,7,15H,4,6,8H2,1H3,(H,14,16). The fourth-order valence-corrected chi connectivity index (χ4v) is 1.96. The molecule has 0 amide bonds. The summed E-state index contributed by atoms with van der Waals surface area (Å²) in [6, 6.07) is 7.75. The Bertz CT molecular complexity index is 509. The number of hydrogen-bond acceptors (Lipinski definition) is 3. The van der Waals surface area contributed by atoms with E-state index in [1.54, 1.807) is 0 Å². The maximum absolute atomic E-state index is 9.82. The number of nitrogens with zero attached hydrogens (tertiary/aromatic N) is 1. The molecule has 84 valence electrons. The third kappa shape index (κ3) is 1.86. The van der Waals surface area contributed by atoms with Crippen LogP contribution in [-0.2, 0) is 6.42 Å². The molecule has 2 N–H and O–H groups in total. The van der Waals surface area contributed by atoms with Gasteiger partial charge in [-0.25, -0.2) is 4.98 Å². The molecule has 0 aliphatic heterocycles. The number of aliphatic hydroxyl groups is 1. The first-order valence-electron chi connectivity index (χ1n) is 5.42. The molecule has 0 unspecified atom stereocenters. The molecule has 1 aromatic heterocycles. The van der Waals surface area contributed by atoms with Gasteiger partial charge < -0.3 is 10.2 Å². The number of aromatic hydroxyl groups is 1. The van der Waals surface area contributed by atoms with Gasteiger partial charge in [0.15, 0.2) is 0 Å². The number of hydrogen-bond donors (Lipinski definition) is 2. The van der Waals surface area contributed by atoms with Crippen LogP contribution in [0.1, 0.15) is 17.5 Å². The van der Waals surface area contributed by atoms with Crippen LogP contribution in [0.5, 0.6) is 5.88 Å². The molecular weight excluding hydrogens is 202 g/mol. The van der Waals surface area contributed by atoms with Gasteiger partial charge in [-0.05, 0) is 31.4 Å². The number of aromatic nitrogens is 1. The van der Waals surface area contributed by atoms with Gasteiger partial charge in [-0.1, -0.05) is 18.2 Å². The van der Waals surface area contributed by atoms with E-state index in [0.717, 1.165) is 22.0 Å². The summed E-state index contributed by atoms with van der Waals surface area (Å²) in [5.74, 6) is 0.0876. The summed E-state index contributed by atoms with van der Waals surface area (Å²) in [5, 5.41) is 19.7. The van der Waals surface area contributed by atoms with Crippen molar-refractivity contribution in [3.05, 3.63) is 35.4 Å². The molecule has 0 aliphatic rings. The van der Waals surface area contributed by atoms with E-state index in [0.29, 0.717) is 12.8 Å². The molecule has 0 saturated heterocycles. The van der Waals surface area contributed by atoms with Crippen LogP contribution in [0.2, 0.25) is 0 Å². The summed E-state index contributed by atoms with van der Waals surface area (Å²) in [4.78, 5) is 4.16. The highest BCUT2D eigenvalue weighted by Gasteiger charge is 2.10. The molecule has 1 aromatic carbocycles. The lowest BCUT2D eigenvalue weighted by Crippen LogP contribution is -1.97. The van der Waals surface area contributed by atoms with Crippen LogP contribution in [0, 0.1) is 6.92 Å². The number of pyridine rings is 1. The van der Waals surface area contributed by atoms with Crippen LogP contribution in [0.25, 0.3) is 10.9 Å². The minimum absolute atomic E-state index is 0.0876. The molecule has 2 aromatic rings. The predicted octanol–water partition coefficient (Wildman–Crippen LogP) is 2.17. The Morgan fingerprint density at radius 1 is 1.25 bits per heavy atom. The number of fused-ring (bicyclic) bond motifs is 1.